The summed E-state index contributed by atoms with van der Waals surface area (Å²) in [5.74, 6) is -0.405. The zero-order chi connectivity index (χ0) is 17.5. The van der Waals surface area contributed by atoms with E-state index in [1.807, 2.05) is 23.1 Å². The lowest BCUT2D eigenvalue weighted by atomic mass is 10.2. The van der Waals surface area contributed by atoms with Crippen molar-refractivity contribution < 1.29 is 9.59 Å². The zero-order valence-corrected chi connectivity index (χ0v) is 14.1. The van der Waals surface area contributed by atoms with Gasteiger partial charge in [-0.15, -0.1) is 0 Å². The van der Waals surface area contributed by atoms with Gasteiger partial charge in [0.05, 0.1) is 12.2 Å². The number of amides is 2. The van der Waals surface area contributed by atoms with E-state index in [-0.39, 0.29) is 17.5 Å². The van der Waals surface area contributed by atoms with Gasteiger partial charge in [-0.25, -0.2) is 4.98 Å². The SMILES string of the molecule is O=C(NCc1ccccn1)c1cccc(C(=O)N2CCCCCC2)n1. The molecule has 0 radical (unpaired) electrons. The molecule has 1 saturated heterocycles. The summed E-state index contributed by atoms with van der Waals surface area (Å²) in [6.07, 6.45) is 6.05. The fraction of sp³-hybridized carbons (Fsp3) is 0.368. The highest BCUT2D eigenvalue weighted by molar-refractivity contribution is 5.96. The Balaban J connectivity index is 1.65. The molecule has 3 rings (SSSR count). The van der Waals surface area contributed by atoms with Gasteiger partial charge in [0, 0.05) is 19.3 Å². The van der Waals surface area contributed by atoms with Gasteiger partial charge >= 0.3 is 0 Å². The number of likely N-dealkylation sites (tertiary alicyclic amines) is 1. The summed E-state index contributed by atoms with van der Waals surface area (Å²) >= 11 is 0. The van der Waals surface area contributed by atoms with E-state index in [0.29, 0.717) is 12.2 Å². The highest BCUT2D eigenvalue weighted by atomic mass is 16.2. The van der Waals surface area contributed by atoms with Gasteiger partial charge in [0.1, 0.15) is 11.4 Å². The van der Waals surface area contributed by atoms with Crippen LogP contribution >= 0.6 is 0 Å². The van der Waals surface area contributed by atoms with E-state index in [1.165, 1.54) is 0 Å². The molecule has 2 amide bonds. The Kier molecular flexibility index (Phi) is 5.72. The molecule has 130 valence electrons. The quantitative estimate of drug-likeness (QED) is 0.929. The van der Waals surface area contributed by atoms with Crippen LogP contribution in [0.4, 0.5) is 0 Å². The fourth-order valence-corrected chi connectivity index (χ4v) is 2.88. The van der Waals surface area contributed by atoms with Crippen LogP contribution in [0, 0.1) is 0 Å². The lowest BCUT2D eigenvalue weighted by Crippen LogP contribution is -2.33. The molecule has 0 aromatic carbocycles. The summed E-state index contributed by atoms with van der Waals surface area (Å²) in [5.41, 5.74) is 1.34. The van der Waals surface area contributed by atoms with Crippen LogP contribution in [0.15, 0.2) is 42.6 Å². The van der Waals surface area contributed by atoms with Crippen LogP contribution in [-0.2, 0) is 6.54 Å². The smallest absolute Gasteiger partial charge is 0.272 e. The first-order chi connectivity index (χ1) is 12.2. The number of hydrogen-bond donors (Lipinski definition) is 1. The number of rotatable bonds is 4. The molecule has 1 fully saturated rings. The number of nitrogens with zero attached hydrogens (tertiary/aromatic N) is 3. The van der Waals surface area contributed by atoms with Crippen LogP contribution in [0.3, 0.4) is 0 Å². The van der Waals surface area contributed by atoms with Gasteiger partial charge in [-0.1, -0.05) is 25.0 Å². The molecule has 0 saturated carbocycles. The maximum Gasteiger partial charge on any atom is 0.272 e. The number of nitrogens with one attached hydrogen (secondary N) is 1. The molecule has 1 aliphatic heterocycles. The molecule has 6 heteroatoms. The summed E-state index contributed by atoms with van der Waals surface area (Å²) in [4.78, 5) is 35.2. The van der Waals surface area contributed by atoms with Gasteiger partial charge in [0.15, 0.2) is 0 Å². The van der Waals surface area contributed by atoms with Crippen molar-refractivity contribution in [3.63, 3.8) is 0 Å². The van der Waals surface area contributed by atoms with E-state index < -0.39 is 0 Å². The number of carbonyl (C=O) groups excluding carboxylic acids is 2. The summed E-state index contributed by atoms with van der Waals surface area (Å²) < 4.78 is 0. The summed E-state index contributed by atoms with van der Waals surface area (Å²) in [6.45, 7) is 1.85. The van der Waals surface area contributed by atoms with E-state index in [4.69, 9.17) is 0 Å². The van der Waals surface area contributed by atoms with Crippen molar-refractivity contribution in [1.29, 1.82) is 0 Å². The van der Waals surface area contributed by atoms with Crippen LogP contribution in [0.2, 0.25) is 0 Å². The van der Waals surface area contributed by atoms with Crippen molar-refractivity contribution in [1.82, 2.24) is 20.2 Å². The molecule has 1 aliphatic rings. The second-order valence-corrected chi connectivity index (χ2v) is 6.12. The minimum absolute atomic E-state index is 0.0960. The predicted octanol–water partition coefficient (Wildman–Crippen LogP) is 2.42. The Labute approximate surface area is 147 Å². The monoisotopic (exact) mass is 338 g/mol. The van der Waals surface area contributed by atoms with Gasteiger partial charge < -0.3 is 10.2 Å². The topological polar surface area (TPSA) is 75.2 Å². The molecular weight excluding hydrogens is 316 g/mol. The first-order valence-corrected chi connectivity index (χ1v) is 8.68. The van der Waals surface area contributed by atoms with Crippen LogP contribution in [0.25, 0.3) is 0 Å². The van der Waals surface area contributed by atoms with Gasteiger partial charge in [-0.05, 0) is 37.1 Å². The van der Waals surface area contributed by atoms with Crippen molar-refractivity contribution in [2.45, 2.75) is 32.2 Å². The minimum atomic E-state index is -0.309. The molecule has 0 atom stereocenters. The second kappa shape index (κ2) is 8.37. The lowest BCUT2D eigenvalue weighted by molar-refractivity contribution is 0.0755. The average Bonchev–Trinajstić information content (AvgIpc) is 2.96. The number of pyridine rings is 2. The minimum Gasteiger partial charge on any atom is -0.345 e. The number of hydrogen-bond acceptors (Lipinski definition) is 4. The van der Waals surface area contributed by atoms with Crippen LogP contribution in [0.5, 0.6) is 0 Å². The summed E-state index contributed by atoms with van der Waals surface area (Å²) in [7, 11) is 0. The molecule has 0 spiro atoms. The standard InChI is InChI=1S/C19H22N4O2/c24-18(21-14-15-8-3-4-11-20-15)16-9-7-10-17(22-16)19(25)23-12-5-1-2-6-13-23/h3-4,7-11H,1-2,5-6,12-14H2,(H,21,24). The molecule has 0 bridgehead atoms. The molecule has 6 nitrogen and oxygen atoms in total. The van der Waals surface area contributed by atoms with Crippen molar-refractivity contribution >= 4 is 11.8 Å². The largest absolute Gasteiger partial charge is 0.345 e. The summed E-state index contributed by atoms with van der Waals surface area (Å²) in [5, 5.41) is 2.78. The van der Waals surface area contributed by atoms with Crippen LogP contribution < -0.4 is 5.32 Å². The molecule has 3 heterocycles. The third-order valence-electron chi connectivity index (χ3n) is 4.25. The third kappa shape index (κ3) is 4.62. The maximum absolute atomic E-state index is 12.6. The van der Waals surface area contributed by atoms with Gasteiger partial charge in [0.2, 0.25) is 0 Å². The van der Waals surface area contributed by atoms with Crippen molar-refractivity contribution in [3.05, 3.63) is 59.7 Å². The molecule has 0 unspecified atom stereocenters. The van der Waals surface area contributed by atoms with Crippen LogP contribution in [0.1, 0.15) is 52.4 Å². The normalized spacial score (nSPS) is 14.6. The van der Waals surface area contributed by atoms with Crippen molar-refractivity contribution in [2.75, 3.05) is 13.1 Å². The average molecular weight is 338 g/mol. The molecule has 1 N–H and O–H groups in total. The molecule has 0 aliphatic carbocycles. The fourth-order valence-electron chi connectivity index (χ4n) is 2.88. The van der Waals surface area contributed by atoms with Gasteiger partial charge in [-0.2, -0.15) is 0 Å². The number of aromatic nitrogens is 2. The Hall–Kier alpha value is -2.76. The van der Waals surface area contributed by atoms with Crippen molar-refractivity contribution in [3.8, 4) is 0 Å². The first kappa shape index (κ1) is 17.1. The van der Waals surface area contributed by atoms with Gasteiger partial charge in [0.25, 0.3) is 11.8 Å². The van der Waals surface area contributed by atoms with E-state index in [1.54, 1.807) is 24.4 Å². The second-order valence-electron chi connectivity index (χ2n) is 6.12. The molecule has 2 aromatic rings. The van der Waals surface area contributed by atoms with E-state index >= 15 is 0 Å². The predicted molar refractivity (Wildman–Crippen MR) is 94.0 cm³/mol. The molecule has 2 aromatic heterocycles. The third-order valence-corrected chi connectivity index (χ3v) is 4.25. The summed E-state index contributed by atoms with van der Waals surface area (Å²) in [6, 6.07) is 10.5. The maximum atomic E-state index is 12.6. The van der Waals surface area contributed by atoms with E-state index in [9.17, 15) is 9.59 Å². The molecular formula is C19H22N4O2. The Morgan fingerprint density at radius 2 is 1.72 bits per heavy atom. The van der Waals surface area contributed by atoms with E-state index in [0.717, 1.165) is 44.5 Å². The Morgan fingerprint density at radius 3 is 2.44 bits per heavy atom. The Morgan fingerprint density at radius 1 is 0.960 bits per heavy atom. The number of carbonyl (C=O) groups is 2. The first-order valence-electron chi connectivity index (χ1n) is 8.68. The van der Waals surface area contributed by atoms with Gasteiger partial charge in [-0.3, -0.25) is 14.6 Å². The van der Waals surface area contributed by atoms with E-state index in [2.05, 4.69) is 15.3 Å². The highest BCUT2D eigenvalue weighted by Crippen LogP contribution is 2.13. The van der Waals surface area contributed by atoms with Crippen molar-refractivity contribution in [2.24, 2.45) is 0 Å². The van der Waals surface area contributed by atoms with Crippen LogP contribution in [-0.4, -0.2) is 39.8 Å². The lowest BCUT2D eigenvalue weighted by Gasteiger charge is -2.19. The highest BCUT2D eigenvalue weighted by Gasteiger charge is 2.19. The molecule has 25 heavy (non-hydrogen) atoms. The Bertz CT molecular complexity index is 725. The zero-order valence-electron chi connectivity index (χ0n) is 14.1.